The molecule has 2 aliphatic rings. The van der Waals surface area contributed by atoms with E-state index in [0.29, 0.717) is 6.54 Å². The molecule has 109 valence electrons. The minimum Gasteiger partial charge on any atom is -0.396 e. The van der Waals surface area contributed by atoms with Crippen LogP contribution in [0.5, 0.6) is 0 Å². The molecule has 2 fully saturated rings. The summed E-state index contributed by atoms with van der Waals surface area (Å²) in [6, 6.07) is 0.164. The fourth-order valence-corrected chi connectivity index (χ4v) is 3.10. The van der Waals surface area contributed by atoms with Gasteiger partial charge in [0.15, 0.2) is 11.0 Å². The number of hydrogen-bond acceptors (Lipinski definition) is 5. The Bertz CT molecular complexity index is 617. The summed E-state index contributed by atoms with van der Waals surface area (Å²) in [5, 5.41) is -0.349. The van der Waals surface area contributed by atoms with Crippen LogP contribution in [0.15, 0.2) is 6.20 Å². The van der Waals surface area contributed by atoms with E-state index in [9.17, 15) is 14.0 Å². The summed E-state index contributed by atoms with van der Waals surface area (Å²) < 4.78 is 13.6. The Balaban J connectivity index is 1.77. The number of hydrogen-bond donors (Lipinski definition) is 1. The van der Waals surface area contributed by atoms with E-state index in [0.717, 1.165) is 19.2 Å². The molecule has 0 unspecified atom stereocenters. The summed E-state index contributed by atoms with van der Waals surface area (Å²) in [4.78, 5) is 30.1. The Morgan fingerprint density at radius 1 is 1.57 bits per heavy atom. The maximum absolute atomic E-state index is 13.6. The first-order valence-electron chi connectivity index (χ1n) is 6.49. The standard InChI is InChI=1S/C12H12BClFN4O2/c14-11-9(15)10(16)6(3-17-11)12(21)18-4-8-7(18)1-2-19(8)13-5-20/h3,5,7-8H,1-2,4H2,(H2,16,17)/t7-,8-/m1/s1. The van der Waals surface area contributed by atoms with Crippen LogP contribution in [-0.4, -0.2) is 59.4 Å². The largest absolute Gasteiger partial charge is 0.396 e. The number of rotatable bonds is 3. The molecule has 0 bridgehead atoms. The summed E-state index contributed by atoms with van der Waals surface area (Å²) in [6.45, 7) is 1.21. The van der Waals surface area contributed by atoms with Gasteiger partial charge in [-0.05, 0) is 13.0 Å². The molecule has 0 spiro atoms. The molecule has 2 atom stereocenters. The van der Waals surface area contributed by atoms with E-state index < -0.39 is 5.82 Å². The highest BCUT2D eigenvalue weighted by atomic mass is 35.5. The third-order valence-electron chi connectivity index (χ3n) is 4.10. The summed E-state index contributed by atoms with van der Waals surface area (Å²) in [5.41, 5.74) is 5.34. The molecule has 2 aliphatic heterocycles. The van der Waals surface area contributed by atoms with Crippen molar-refractivity contribution < 1.29 is 14.0 Å². The molecular weight excluding hydrogens is 297 g/mol. The van der Waals surface area contributed by atoms with Crippen molar-refractivity contribution >= 4 is 36.8 Å². The molecule has 3 rings (SSSR count). The number of carbonyl (C=O) groups excluding carboxylic acids is 2. The molecule has 9 heteroatoms. The number of nitrogens with zero attached hydrogens (tertiary/aromatic N) is 3. The maximum Gasteiger partial charge on any atom is 0.293 e. The van der Waals surface area contributed by atoms with E-state index in [1.54, 1.807) is 4.90 Å². The van der Waals surface area contributed by atoms with Crippen molar-refractivity contribution in [3.63, 3.8) is 0 Å². The molecular formula is C12H12BClFN4O2. The van der Waals surface area contributed by atoms with E-state index in [1.807, 2.05) is 4.81 Å². The van der Waals surface area contributed by atoms with Gasteiger partial charge >= 0.3 is 0 Å². The van der Waals surface area contributed by atoms with Crippen LogP contribution in [-0.2, 0) is 4.79 Å². The van der Waals surface area contributed by atoms with Gasteiger partial charge in [0.25, 0.3) is 13.3 Å². The monoisotopic (exact) mass is 309 g/mol. The second-order valence-corrected chi connectivity index (χ2v) is 5.45. The van der Waals surface area contributed by atoms with Crippen LogP contribution in [0.1, 0.15) is 16.8 Å². The van der Waals surface area contributed by atoms with Crippen LogP contribution in [0.25, 0.3) is 0 Å². The van der Waals surface area contributed by atoms with E-state index in [-0.39, 0.29) is 34.4 Å². The van der Waals surface area contributed by atoms with Crippen molar-refractivity contribution in [1.29, 1.82) is 0 Å². The first-order chi connectivity index (χ1) is 10.0. The summed E-state index contributed by atoms with van der Waals surface area (Å²) in [5.74, 6) is -1.23. The van der Waals surface area contributed by atoms with Crippen LogP contribution in [0, 0.1) is 5.82 Å². The zero-order valence-electron chi connectivity index (χ0n) is 11.0. The van der Waals surface area contributed by atoms with Crippen LogP contribution in [0.4, 0.5) is 10.1 Å². The van der Waals surface area contributed by atoms with Gasteiger partial charge in [-0.15, -0.1) is 0 Å². The van der Waals surface area contributed by atoms with Gasteiger partial charge in [-0.25, -0.2) is 9.37 Å². The molecule has 1 amide bonds. The predicted molar refractivity (Wildman–Crippen MR) is 76.1 cm³/mol. The number of amides is 1. The Labute approximate surface area is 126 Å². The normalized spacial score (nSPS) is 24.4. The van der Waals surface area contributed by atoms with Gasteiger partial charge < -0.3 is 20.2 Å². The SMILES string of the molecule is Nc1c(C(=O)N2C[C@@H]3[C@H]2CCN3[B]C=O)cnc(Cl)c1F. The zero-order chi connectivity index (χ0) is 15.1. The van der Waals surface area contributed by atoms with Crippen LogP contribution < -0.4 is 5.73 Å². The lowest BCUT2D eigenvalue weighted by atomic mass is 9.88. The summed E-state index contributed by atoms with van der Waals surface area (Å²) in [6.07, 6.45) is 2.70. The van der Waals surface area contributed by atoms with Gasteiger partial charge in [0, 0.05) is 24.8 Å². The molecule has 21 heavy (non-hydrogen) atoms. The van der Waals surface area contributed by atoms with Gasteiger partial charge in [-0.3, -0.25) is 4.79 Å². The van der Waals surface area contributed by atoms with E-state index in [4.69, 9.17) is 17.3 Å². The van der Waals surface area contributed by atoms with Crippen molar-refractivity contribution in [2.45, 2.75) is 18.5 Å². The first-order valence-corrected chi connectivity index (χ1v) is 6.87. The number of anilines is 1. The molecule has 2 N–H and O–H groups in total. The number of likely N-dealkylation sites (tertiary alicyclic amines) is 1. The Morgan fingerprint density at radius 2 is 2.33 bits per heavy atom. The van der Waals surface area contributed by atoms with Crippen LogP contribution >= 0.6 is 11.6 Å². The van der Waals surface area contributed by atoms with Crippen molar-refractivity contribution in [1.82, 2.24) is 14.7 Å². The van der Waals surface area contributed by atoms with Crippen molar-refractivity contribution in [3.05, 3.63) is 22.7 Å². The second kappa shape index (κ2) is 5.27. The molecule has 3 heterocycles. The number of nitrogen functional groups attached to an aromatic ring is 1. The van der Waals surface area contributed by atoms with E-state index >= 15 is 0 Å². The van der Waals surface area contributed by atoms with Gasteiger partial charge in [0.1, 0.15) is 0 Å². The third kappa shape index (κ3) is 2.18. The van der Waals surface area contributed by atoms with Gasteiger partial charge in [-0.1, -0.05) is 11.6 Å². The predicted octanol–water partition coefficient (Wildman–Crippen LogP) is 0.164. The minimum absolute atomic E-state index is 0.0202. The van der Waals surface area contributed by atoms with Gasteiger partial charge in [-0.2, -0.15) is 0 Å². The van der Waals surface area contributed by atoms with Crippen molar-refractivity contribution in [2.75, 3.05) is 18.8 Å². The summed E-state index contributed by atoms with van der Waals surface area (Å²) >= 11 is 5.53. The van der Waals surface area contributed by atoms with Crippen molar-refractivity contribution in [3.8, 4) is 0 Å². The van der Waals surface area contributed by atoms with Gasteiger partial charge in [0.2, 0.25) is 0 Å². The molecule has 0 aliphatic carbocycles. The number of halogens is 2. The van der Waals surface area contributed by atoms with E-state index in [1.165, 1.54) is 13.6 Å². The lowest BCUT2D eigenvalue weighted by molar-refractivity contribution is 0.0320. The molecule has 2 saturated heterocycles. The zero-order valence-corrected chi connectivity index (χ0v) is 11.8. The number of carbonyl (C=O) groups is 2. The average molecular weight is 310 g/mol. The fourth-order valence-electron chi connectivity index (χ4n) is 2.95. The van der Waals surface area contributed by atoms with E-state index in [2.05, 4.69) is 4.98 Å². The molecule has 1 aromatic rings. The molecule has 1 aromatic heterocycles. The molecule has 0 aromatic carbocycles. The van der Waals surface area contributed by atoms with Gasteiger partial charge in [0.05, 0.1) is 17.4 Å². The topological polar surface area (TPSA) is 79.5 Å². The number of nitrogens with two attached hydrogens (primary N) is 1. The second-order valence-electron chi connectivity index (χ2n) is 5.09. The molecule has 6 nitrogen and oxygen atoms in total. The summed E-state index contributed by atoms with van der Waals surface area (Å²) in [7, 11) is 1.49. The lowest BCUT2D eigenvalue weighted by Crippen LogP contribution is -2.64. The van der Waals surface area contributed by atoms with Crippen molar-refractivity contribution in [2.24, 2.45) is 0 Å². The third-order valence-corrected chi connectivity index (χ3v) is 4.36. The highest BCUT2D eigenvalue weighted by molar-refractivity contribution is 6.64. The lowest BCUT2D eigenvalue weighted by Gasteiger charge is -2.46. The quantitative estimate of drug-likeness (QED) is 0.489. The molecule has 0 saturated carbocycles. The number of pyridine rings is 1. The first kappa shape index (κ1) is 14.3. The Kier molecular flexibility index (Phi) is 3.58. The smallest absolute Gasteiger partial charge is 0.293 e. The Hall–Kier alpha value is -1.67. The maximum atomic E-state index is 13.6. The highest BCUT2D eigenvalue weighted by Crippen LogP contribution is 2.34. The Morgan fingerprint density at radius 3 is 3.05 bits per heavy atom. The minimum atomic E-state index is -0.873. The highest BCUT2D eigenvalue weighted by Gasteiger charge is 2.49. The molecule has 1 radical (unpaired) electrons. The number of aromatic nitrogens is 1. The van der Waals surface area contributed by atoms with Crippen LogP contribution in [0.2, 0.25) is 5.15 Å². The number of fused-ring (bicyclic) bond motifs is 1. The average Bonchev–Trinajstić information content (AvgIpc) is 2.73. The fraction of sp³-hybridized carbons (Fsp3) is 0.417. The van der Waals surface area contributed by atoms with Crippen LogP contribution in [0.3, 0.4) is 0 Å².